The molecule has 3 aromatic rings. The number of halogens is 3. The quantitative estimate of drug-likeness (QED) is 0.192. The molecular weight excluding hydrogens is 774 g/mol. The van der Waals surface area contributed by atoms with Crippen LogP contribution in [0.2, 0.25) is 0 Å². The largest absolute Gasteiger partial charge is 0.487 e. The fourth-order valence-corrected chi connectivity index (χ4v) is 8.66. The lowest BCUT2D eigenvalue weighted by Gasteiger charge is -2.23. The Labute approximate surface area is 258 Å². The van der Waals surface area contributed by atoms with Gasteiger partial charge in [-0.1, -0.05) is 47.3 Å². The lowest BCUT2D eigenvalue weighted by molar-refractivity contribution is 0.0927. The Morgan fingerprint density at radius 3 is 2.49 bits per heavy atom. The number of thiophene rings is 1. The predicted octanol–water partition coefficient (Wildman–Crippen LogP) is 8.99. The molecule has 1 fully saturated rings. The van der Waals surface area contributed by atoms with E-state index >= 15 is 0 Å². The summed E-state index contributed by atoms with van der Waals surface area (Å²) in [4.78, 5) is 19.7. The first kappa shape index (κ1) is 27.6. The van der Waals surface area contributed by atoms with Crippen molar-refractivity contribution in [3.05, 3.63) is 75.1 Å². The summed E-state index contributed by atoms with van der Waals surface area (Å²) in [6.45, 7) is 0.521. The summed E-state index contributed by atoms with van der Waals surface area (Å²) in [6, 6.07) is 12.7. The molecule has 1 N–H and O–H groups in total. The van der Waals surface area contributed by atoms with Crippen LogP contribution in [-0.4, -0.2) is 18.2 Å². The molecule has 2 aliphatic carbocycles. The number of aliphatic imine (C=N–C) groups is 1. The van der Waals surface area contributed by atoms with Gasteiger partial charge in [0.1, 0.15) is 17.4 Å². The highest BCUT2D eigenvalue weighted by molar-refractivity contribution is 14.1. The van der Waals surface area contributed by atoms with Gasteiger partial charge < -0.3 is 10.1 Å². The average Bonchev–Trinajstić information content (AvgIpc) is 3.27. The van der Waals surface area contributed by atoms with E-state index in [-0.39, 0.29) is 5.91 Å². The number of fused-ring (bicyclic) bond motifs is 1. The van der Waals surface area contributed by atoms with Gasteiger partial charge in [0.2, 0.25) is 0 Å². The van der Waals surface area contributed by atoms with Gasteiger partial charge in [0.15, 0.2) is 0 Å². The summed E-state index contributed by atoms with van der Waals surface area (Å²) in [6.07, 6.45) is 12.1. The van der Waals surface area contributed by atoms with Crippen LogP contribution in [0.1, 0.15) is 76.9 Å². The third-order valence-corrected chi connectivity index (χ3v) is 10.3. The van der Waals surface area contributed by atoms with Crippen molar-refractivity contribution in [3.8, 4) is 5.75 Å². The van der Waals surface area contributed by atoms with Crippen molar-refractivity contribution in [3.63, 3.8) is 0 Å². The van der Waals surface area contributed by atoms with Gasteiger partial charge in [-0.2, -0.15) is 0 Å². The molecule has 1 saturated carbocycles. The molecule has 0 aliphatic heterocycles. The minimum atomic E-state index is 0.0688. The number of nitrogens with one attached hydrogen (secondary N) is 1. The van der Waals surface area contributed by atoms with Gasteiger partial charge in [0, 0.05) is 21.6 Å². The number of rotatable bonds is 7. The summed E-state index contributed by atoms with van der Waals surface area (Å²) in [7, 11) is 0. The molecule has 0 bridgehead atoms. The third kappa shape index (κ3) is 6.97. The van der Waals surface area contributed by atoms with Gasteiger partial charge in [-0.3, -0.25) is 4.79 Å². The molecule has 0 radical (unpaired) electrons. The normalized spacial score (nSPS) is 16.1. The smallest absolute Gasteiger partial charge is 0.254 e. The number of carbonyl (C=O) groups is 1. The summed E-state index contributed by atoms with van der Waals surface area (Å²) in [5.41, 5.74) is 4.19. The van der Waals surface area contributed by atoms with E-state index in [2.05, 4.69) is 90.7 Å². The zero-order chi connectivity index (χ0) is 25.8. The molecular formula is C29H29BrI2N2O2S. The minimum absolute atomic E-state index is 0.0688. The van der Waals surface area contributed by atoms with Crippen LogP contribution >= 0.6 is 72.4 Å². The SMILES string of the molecule is O=C(NC1CCCCC1)c1c(N=Cc2cc(I)c(OCc3ccc(Br)cc3)c(I)c2)sc2c1CCCC2. The Morgan fingerprint density at radius 1 is 1.05 bits per heavy atom. The van der Waals surface area contributed by atoms with Gasteiger partial charge >= 0.3 is 0 Å². The molecule has 1 heterocycles. The van der Waals surface area contributed by atoms with Crippen LogP contribution in [-0.2, 0) is 19.4 Å². The fourth-order valence-electron chi connectivity index (χ4n) is 5.04. The Morgan fingerprint density at radius 2 is 1.76 bits per heavy atom. The summed E-state index contributed by atoms with van der Waals surface area (Å²) < 4.78 is 9.31. The number of amides is 1. The highest BCUT2D eigenvalue weighted by Gasteiger charge is 2.27. The Bertz CT molecular complexity index is 1280. The molecule has 4 nitrogen and oxygen atoms in total. The highest BCUT2D eigenvalue weighted by Crippen LogP contribution is 2.40. The summed E-state index contributed by atoms with van der Waals surface area (Å²) >= 11 is 9.84. The first-order valence-electron chi connectivity index (χ1n) is 12.8. The van der Waals surface area contributed by atoms with Crippen molar-refractivity contribution in [2.75, 3.05) is 0 Å². The molecule has 0 spiro atoms. The first-order chi connectivity index (χ1) is 18.0. The van der Waals surface area contributed by atoms with Gasteiger partial charge in [0.25, 0.3) is 5.91 Å². The molecule has 0 unspecified atom stereocenters. The molecule has 0 saturated heterocycles. The van der Waals surface area contributed by atoms with Crippen molar-refractivity contribution in [2.24, 2.45) is 4.99 Å². The summed E-state index contributed by atoms with van der Waals surface area (Å²) in [5.74, 6) is 0.958. The number of hydrogen-bond donors (Lipinski definition) is 1. The van der Waals surface area contributed by atoms with Crippen molar-refractivity contribution in [1.29, 1.82) is 0 Å². The third-order valence-electron chi connectivity index (χ3n) is 6.97. The number of ether oxygens (including phenoxy) is 1. The van der Waals surface area contributed by atoms with Crippen LogP contribution in [0.25, 0.3) is 0 Å². The monoisotopic (exact) mass is 802 g/mol. The number of nitrogens with zero attached hydrogens (tertiary/aromatic N) is 1. The summed E-state index contributed by atoms with van der Waals surface area (Å²) in [5, 5.41) is 4.19. The minimum Gasteiger partial charge on any atom is -0.487 e. The predicted molar refractivity (Wildman–Crippen MR) is 173 cm³/mol. The molecule has 2 aliphatic rings. The van der Waals surface area contributed by atoms with Gasteiger partial charge in [-0.05, 0) is 125 Å². The van der Waals surface area contributed by atoms with E-state index in [4.69, 9.17) is 9.73 Å². The first-order valence-corrected chi connectivity index (χ1v) is 16.6. The van der Waals surface area contributed by atoms with Crippen molar-refractivity contribution in [2.45, 2.75) is 70.4 Å². The van der Waals surface area contributed by atoms with Crippen molar-refractivity contribution in [1.82, 2.24) is 5.32 Å². The second-order valence-electron chi connectivity index (χ2n) is 9.69. The van der Waals surface area contributed by atoms with Gasteiger partial charge in [0.05, 0.1) is 12.7 Å². The second-order valence-corrected chi connectivity index (χ2v) is 14.0. The van der Waals surface area contributed by atoms with E-state index in [0.717, 1.165) is 71.2 Å². The van der Waals surface area contributed by atoms with Crippen LogP contribution in [0.15, 0.2) is 45.9 Å². The number of hydrogen-bond acceptors (Lipinski definition) is 4. The Hall–Kier alpha value is -0.980. The Kier molecular flexibility index (Phi) is 9.63. The van der Waals surface area contributed by atoms with E-state index in [0.29, 0.717) is 12.6 Å². The maximum atomic E-state index is 13.4. The van der Waals surface area contributed by atoms with Gasteiger partial charge in [-0.15, -0.1) is 11.3 Å². The van der Waals surface area contributed by atoms with Crippen molar-refractivity contribution >= 4 is 89.6 Å². The zero-order valence-electron chi connectivity index (χ0n) is 20.5. The van der Waals surface area contributed by atoms with E-state index in [9.17, 15) is 4.79 Å². The molecule has 1 amide bonds. The fraction of sp³-hybridized carbons (Fsp3) is 0.379. The lowest BCUT2D eigenvalue weighted by Crippen LogP contribution is -2.36. The topological polar surface area (TPSA) is 50.7 Å². The number of benzene rings is 2. The molecule has 8 heteroatoms. The standard InChI is InChI=1S/C29H29BrI2N2O2S/c30-20-12-10-18(11-13-20)17-36-27-23(31)14-19(15-24(27)32)16-33-29-26(22-8-4-5-9-25(22)37-29)28(35)34-21-6-2-1-3-7-21/h10-16,21H,1-9,17H2,(H,34,35). The van der Waals surface area contributed by atoms with Crippen LogP contribution in [0.3, 0.4) is 0 Å². The van der Waals surface area contributed by atoms with E-state index < -0.39 is 0 Å². The van der Waals surface area contributed by atoms with Crippen LogP contribution in [0, 0.1) is 7.14 Å². The van der Waals surface area contributed by atoms with Crippen molar-refractivity contribution < 1.29 is 9.53 Å². The molecule has 5 rings (SSSR count). The molecule has 2 aromatic carbocycles. The van der Waals surface area contributed by atoms with E-state index in [1.807, 2.05) is 18.3 Å². The lowest BCUT2D eigenvalue weighted by atomic mass is 9.93. The average molecular weight is 803 g/mol. The van der Waals surface area contributed by atoms with Crippen LogP contribution in [0.4, 0.5) is 5.00 Å². The highest BCUT2D eigenvalue weighted by atomic mass is 127. The van der Waals surface area contributed by atoms with E-state index in [1.54, 1.807) is 11.3 Å². The molecule has 0 atom stereocenters. The van der Waals surface area contributed by atoms with Gasteiger partial charge in [-0.25, -0.2) is 4.99 Å². The zero-order valence-corrected chi connectivity index (χ0v) is 27.2. The number of carbonyl (C=O) groups excluding carboxylic acids is 1. The molecule has 194 valence electrons. The molecule has 37 heavy (non-hydrogen) atoms. The Balaban J connectivity index is 1.35. The van der Waals surface area contributed by atoms with Crippen LogP contribution < -0.4 is 10.1 Å². The van der Waals surface area contributed by atoms with E-state index in [1.165, 1.54) is 36.1 Å². The maximum Gasteiger partial charge on any atom is 0.254 e. The molecule has 1 aromatic heterocycles. The maximum absolute atomic E-state index is 13.4. The second kappa shape index (κ2) is 12.9. The number of aryl methyl sites for hydroxylation is 1. The van der Waals surface area contributed by atoms with Crippen LogP contribution in [0.5, 0.6) is 5.75 Å².